The van der Waals surface area contributed by atoms with Crippen LogP contribution in [0.1, 0.15) is 24.4 Å². The number of fused-ring (bicyclic) bond motifs is 2. The first-order valence-corrected chi connectivity index (χ1v) is 9.98. The number of anilines is 1. The Kier molecular flexibility index (Phi) is 4.32. The summed E-state index contributed by atoms with van der Waals surface area (Å²) in [5.41, 5.74) is 1.65. The number of phenols is 1. The highest BCUT2D eigenvalue weighted by Crippen LogP contribution is 2.41. The van der Waals surface area contributed by atoms with Crippen molar-refractivity contribution < 1.29 is 9.90 Å². The first-order chi connectivity index (χ1) is 14.2. The van der Waals surface area contributed by atoms with E-state index < -0.39 is 0 Å². The zero-order valence-corrected chi connectivity index (χ0v) is 16.0. The van der Waals surface area contributed by atoms with Gasteiger partial charge in [0, 0.05) is 17.5 Å². The highest BCUT2D eigenvalue weighted by Gasteiger charge is 2.33. The Morgan fingerprint density at radius 2 is 1.55 bits per heavy atom. The van der Waals surface area contributed by atoms with E-state index in [4.69, 9.17) is 0 Å². The molecule has 4 heteroatoms. The molecule has 0 aliphatic carbocycles. The van der Waals surface area contributed by atoms with E-state index in [1.165, 1.54) is 0 Å². The van der Waals surface area contributed by atoms with E-state index in [-0.39, 0.29) is 17.8 Å². The molecule has 2 N–H and O–H groups in total. The van der Waals surface area contributed by atoms with E-state index in [0.717, 1.165) is 45.6 Å². The summed E-state index contributed by atoms with van der Waals surface area (Å²) < 4.78 is 0. The molecule has 1 aliphatic rings. The molecule has 4 nitrogen and oxygen atoms in total. The van der Waals surface area contributed by atoms with Gasteiger partial charge in [-0.3, -0.25) is 0 Å². The van der Waals surface area contributed by atoms with E-state index in [0.29, 0.717) is 6.54 Å². The third-order valence-electron chi connectivity index (χ3n) is 5.83. The number of amides is 2. The molecular weight excluding hydrogens is 360 g/mol. The van der Waals surface area contributed by atoms with Gasteiger partial charge in [0.2, 0.25) is 0 Å². The van der Waals surface area contributed by atoms with Crippen molar-refractivity contribution in [3.8, 4) is 5.75 Å². The second kappa shape index (κ2) is 7.13. The lowest BCUT2D eigenvalue weighted by molar-refractivity contribution is 0.206. The molecule has 144 valence electrons. The van der Waals surface area contributed by atoms with Crippen molar-refractivity contribution >= 4 is 33.3 Å². The molecule has 0 saturated carbocycles. The second-order valence-corrected chi connectivity index (χ2v) is 7.53. The minimum atomic E-state index is -0.143. The van der Waals surface area contributed by atoms with Gasteiger partial charge in [0.1, 0.15) is 5.75 Å². The van der Waals surface area contributed by atoms with Crippen LogP contribution in [0, 0.1) is 0 Å². The zero-order chi connectivity index (χ0) is 19.8. The highest BCUT2D eigenvalue weighted by atomic mass is 16.3. The molecule has 5 rings (SSSR count). The highest BCUT2D eigenvalue weighted by molar-refractivity contribution is 6.02. The minimum Gasteiger partial charge on any atom is -0.508 e. The Bertz CT molecular complexity index is 1210. The van der Waals surface area contributed by atoms with Crippen molar-refractivity contribution in [2.24, 2.45) is 0 Å². The van der Waals surface area contributed by atoms with Crippen LogP contribution in [-0.4, -0.2) is 22.6 Å². The molecule has 0 radical (unpaired) electrons. The third-order valence-corrected chi connectivity index (χ3v) is 5.83. The Hall–Kier alpha value is -3.53. The largest absolute Gasteiger partial charge is 0.508 e. The van der Waals surface area contributed by atoms with Crippen LogP contribution in [0.25, 0.3) is 21.5 Å². The van der Waals surface area contributed by atoms with Gasteiger partial charge in [0.25, 0.3) is 0 Å². The van der Waals surface area contributed by atoms with Crippen molar-refractivity contribution in [2.45, 2.75) is 18.9 Å². The molecule has 0 bridgehead atoms. The number of nitrogens with zero attached hydrogens (tertiary/aromatic N) is 1. The predicted octanol–water partition coefficient (Wildman–Crippen LogP) is 6.07. The van der Waals surface area contributed by atoms with E-state index in [1.54, 1.807) is 6.07 Å². The Morgan fingerprint density at radius 1 is 0.862 bits per heavy atom. The number of benzene rings is 4. The number of rotatable bonds is 2. The Balaban J connectivity index is 1.50. The van der Waals surface area contributed by atoms with E-state index in [1.807, 2.05) is 77.7 Å². The molecule has 1 heterocycles. The van der Waals surface area contributed by atoms with Crippen LogP contribution < -0.4 is 5.32 Å². The summed E-state index contributed by atoms with van der Waals surface area (Å²) in [6.07, 6.45) is 1.75. The molecule has 4 aromatic rings. The molecular formula is C25H22N2O2. The Morgan fingerprint density at radius 3 is 2.38 bits per heavy atom. The quantitative estimate of drug-likeness (QED) is 0.442. The fraction of sp³-hybridized carbons (Fsp3) is 0.160. The molecule has 1 atom stereocenters. The number of hydrogen-bond acceptors (Lipinski definition) is 2. The third kappa shape index (κ3) is 3.07. The van der Waals surface area contributed by atoms with E-state index >= 15 is 0 Å². The van der Waals surface area contributed by atoms with Crippen LogP contribution in [0.2, 0.25) is 0 Å². The number of carbonyl (C=O) groups excluding carboxylic acids is 1. The smallest absolute Gasteiger partial charge is 0.322 e. The van der Waals surface area contributed by atoms with Gasteiger partial charge in [-0.15, -0.1) is 0 Å². The minimum absolute atomic E-state index is 0.129. The lowest BCUT2D eigenvalue weighted by Gasteiger charge is -2.27. The van der Waals surface area contributed by atoms with Crippen LogP contribution in [0.5, 0.6) is 5.75 Å². The molecule has 4 aromatic carbocycles. The summed E-state index contributed by atoms with van der Waals surface area (Å²) in [4.78, 5) is 15.1. The second-order valence-electron chi connectivity index (χ2n) is 7.53. The maximum absolute atomic E-state index is 13.2. The number of nitrogens with one attached hydrogen (secondary N) is 1. The van der Waals surface area contributed by atoms with Crippen LogP contribution in [0.4, 0.5) is 10.5 Å². The fourth-order valence-corrected chi connectivity index (χ4v) is 4.47. The number of phenolic OH excluding ortho intramolecular Hbond substituents is 1. The van der Waals surface area contributed by atoms with Crippen molar-refractivity contribution in [1.29, 1.82) is 0 Å². The van der Waals surface area contributed by atoms with Crippen LogP contribution in [-0.2, 0) is 0 Å². The van der Waals surface area contributed by atoms with Gasteiger partial charge >= 0.3 is 6.03 Å². The first kappa shape index (κ1) is 17.6. The van der Waals surface area contributed by atoms with Gasteiger partial charge in [-0.05, 0) is 41.1 Å². The summed E-state index contributed by atoms with van der Waals surface area (Å²) >= 11 is 0. The SMILES string of the molecule is O=C(Nc1cccc2ccccc12)N1CCCC1c1c(O)ccc2ccccc12. The van der Waals surface area contributed by atoms with Crippen molar-refractivity contribution in [1.82, 2.24) is 4.90 Å². The summed E-state index contributed by atoms with van der Waals surface area (Å²) in [7, 11) is 0. The molecule has 29 heavy (non-hydrogen) atoms. The summed E-state index contributed by atoms with van der Waals surface area (Å²) in [5, 5.41) is 17.9. The van der Waals surface area contributed by atoms with Gasteiger partial charge in [0.15, 0.2) is 0 Å². The van der Waals surface area contributed by atoms with E-state index in [2.05, 4.69) is 5.32 Å². The number of urea groups is 1. The van der Waals surface area contributed by atoms with Gasteiger partial charge < -0.3 is 15.3 Å². The topological polar surface area (TPSA) is 52.6 Å². The van der Waals surface area contributed by atoms with Gasteiger partial charge in [-0.25, -0.2) is 4.79 Å². The standard InChI is InChI=1S/C25H22N2O2/c28-23-15-14-18-8-2-4-11-20(18)24(23)22-13-6-16-27(22)25(29)26-21-12-5-9-17-7-1-3-10-19(17)21/h1-5,7-12,14-15,22,28H,6,13,16H2,(H,26,29). The average Bonchev–Trinajstić information content (AvgIpc) is 3.23. The van der Waals surface area contributed by atoms with E-state index in [9.17, 15) is 9.90 Å². The predicted molar refractivity (Wildman–Crippen MR) is 117 cm³/mol. The van der Waals surface area contributed by atoms with Crippen molar-refractivity contribution in [2.75, 3.05) is 11.9 Å². The molecule has 0 spiro atoms. The normalized spacial score (nSPS) is 16.4. The number of likely N-dealkylation sites (tertiary alicyclic amines) is 1. The van der Waals surface area contributed by atoms with Gasteiger partial charge in [-0.1, -0.05) is 66.7 Å². The molecule has 1 saturated heterocycles. The monoisotopic (exact) mass is 382 g/mol. The van der Waals surface area contributed by atoms with Crippen molar-refractivity contribution in [3.63, 3.8) is 0 Å². The van der Waals surface area contributed by atoms with Gasteiger partial charge in [0.05, 0.1) is 11.7 Å². The number of hydrogen-bond donors (Lipinski definition) is 2. The lowest BCUT2D eigenvalue weighted by atomic mass is 9.96. The van der Waals surface area contributed by atoms with Crippen LogP contribution in [0.3, 0.4) is 0 Å². The summed E-state index contributed by atoms with van der Waals surface area (Å²) in [6.45, 7) is 0.671. The fourth-order valence-electron chi connectivity index (χ4n) is 4.47. The molecule has 2 amide bonds. The lowest BCUT2D eigenvalue weighted by Crippen LogP contribution is -2.34. The van der Waals surface area contributed by atoms with Crippen molar-refractivity contribution in [3.05, 3.63) is 84.4 Å². The number of aromatic hydroxyl groups is 1. The summed E-state index contributed by atoms with van der Waals surface area (Å²) in [5.74, 6) is 0.249. The molecule has 1 unspecified atom stereocenters. The maximum atomic E-state index is 13.2. The zero-order valence-electron chi connectivity index (χ0n) is 16.0. The number of carbonyl (C=O) groups is 1. The van der Waals surface area contributed by atoms with Crippen LogP contribution >= 0.6 is 0 Å². The summed E-state index contributed by atoms with van der Waals surface area (Å²) in [6, 6.07) is 25.3. The molecule has 1 fully saturated rings. The van der Waals surface area contributed by atoms with Gasteiger partial charge in [-0.2, -0.15) is 0 Å². The molecule has 1 aliphatic heterocycles. The molecule has 0 aromatic heterocycles. The van der Waals surface area contributed by atoms with Crippen LogP contribution in [0.15, 0.2) is 78.9 Å². The Labute approximate surface area is 169 Å². The average molecular weight is 382 g/mol. The maximum Gasteiger partial charge on any atom is 0.322 e. The first-order valence-electron chi connectivity index (χ1n) is 9.98.